The first-order chi connectivity index (χ1) is 9.20. The fourth-order valence-corrected chi connectivity index (χ4v) is 1.57. The highest BCUT2D eigenvalue weighted by molar-refractivity contribution is 5.95. The van der Waals surface area contributed by atoms with Gasteiger partial charge in [0.05, 0.1) is 25.0 Å². The van der Waals surface area contributed by atoms with Crippen LogP contribution in [0.15, 0.2) is 36.8 Å². The molecule has 0 fully saturated rings. The zero-order valence-corrected chi connectivity index (χ0v) is 10.5. The number of ether oxygens (including phenoxy) is 1. The zero-order valence-electron chi connectivity index (χ0n) is 10.5. The first-order valence-electron chi connectivity index (χ1n) is 5.67. The summed E-state index contributed by atoms with van der Waals surface area (Å²) in [7, 11) is 1.53. The number of hydrogen-bond acceptors (Lipinski definition) is 5. The maximum atomic E-state index is 11.9. The zero-order chi connectivity index (χ0) is 13.7. The molecule has 3 N–H and O–H groups in total. The second-order valence-corrected chi connectivity index (χ2v) is 3.84. The summed E-state index contributed by atoms with van der Waals surface area (Å²) in [6.07, 6.45) is 3.06. The van der Waals surface area contributed by atoms with Crippen LogP contribution in [-0.2, 0) is 6.54 Å². The summed E-state index contributed by atoms with van der Waals surface area (Å²) in [6.45, 7) is 0.341. The Hall–Kier alpha value is -2.63. The minimum Gasteiger partial charge on any atom is -0.495 e. The van der Waals surface area contributed by atoms with Gasteiger partial charge in [-0.2, -0.15) is 0 Å². The molecule has 1 aromatic heterocycles. The topological polar surface area (TPSA) is 90.1 Å². The average molecular weight is 258 g/mol. The average Bonchev–Trinajstić information content (AvgIpc) is 2.45. The number of methoxy groups -OCH3 is 1. The Morgan fingerprint density at radius 2 is 2.26 bits per heavy atom. The summed E-state index contributed by atoms with van der Waals surface area (Å²) in [6, 6.07) is 6.64. The molecular weight excluding hydrogens is 244 g/mol. The minimum absolute atomic E-state index is 0.215. The molecule has 2 rings (SSSR count). The van der Waals surface area contributed by atoms with Crippen LogP contribution in [0, 0.1) is 0 Å². The van der Waals surface area contributed by atoms with Gasteiger partial charge in [0.25, 0.3) is 5.91 Å². The number of nitrogens with one attached hydrogen (secondary N) is 1. The predicted molar refractivity (Wildman–Crippen MR) is 70.6 cm³/mol. The molecule has 0 unspecified atom stereocenters. The van der Waals surface area contributed by atoms with E-state index in [1.165, 1.54) is 13.4 Å². The van der Waals surface area contributed by atoms with Crippen LogP contribution in [0.3, 0.4) is 0 Å². The molecule has 0 aliphatic carbocycles. The summed E-state index contributed by atoms with van der Waals surface area (Å²) in [5.74, 6) is 0.334. The summed E-state index contributed by atoms with van der Waals surface area (Å²) < 4.78 is 5.04. The van der Waals surface area contributed by atoms with E-state index < -0.39 is 0 Å². The van der Waals surface area contributed by atoms with Crippen molar-refractivity contribution >= 4 is 11.6 Å². The van der Waals surface area contributed by atoms with Gasteiger partial charge < -0.3 is 15.8 Å². The van der Waals surface area contributed by atoms with Crippen molar-refractivity contribution < 1.29 is 9.53 Å². The normalized spacial score (nSPS) is 9.95. The molecule has 1 aromatic carbocycles. The molecule has 0 atom stereocenters. The predicted octanol–water partition coefficient (Wildman–Crippen LogP) is 0.997. The van der Waals surface area contributed by atoms with Gasteiger partial charge in [0.2, 0.25) is 0 Å². The first kappa shape index (κ1) is 12.8. The van der Waals surface area contributed by atoms with Crippen LogP contribution in [-0.4, -0.2) is 23.0 Å². The lowest BCUT2D eigenvalue weighted by atomic mass is 10.1. The van der Waals surface area contributed by atoms with E-state index in [0.717, 1.165) is 5.69 Å². The molecule has 0 aliphatic heterocycles. The van der Waals surface area contributed by atoms with Gasteiger partial charge >= 0.3 is 0 Å². The number of carbonyl (C=O) groups excluding carboxylic acids is 1. The Bertz CT molecular complexity index is 572. The number of hydrogen-bond donors (Lipinski definition) is 2. The standard InChI is InChI=1S/C13H14N4O2/c1-19-12-3-2-9(6-11(12)14)13(18)16-7-10-4-5-15-8-17-10/h2-6,8H,7,14H2,1H3,(H,16,18). The van der Waals surface area contributed by atoms with Gasteiger partial charge in [0, 0.05) is 11.8 Å². The van der Waals surface area contributed by atoms with Crippen LogP contribution in [0.4, 0.5) is 5.69 Å². The van der Waals surface area contributed by atoms with Crippen molar-refractivity contribution in [3.63, 3.8) is 0 Å². The van der Waals surface area contributed by atoms with Gasteiger partial charge in [-0.25, -0.2) is 9.97 Å². The van der Waals surface area contributed by atoms with Gasteiger partial charge in [0.15, 0.2) is 0 Å². The van der Waals surface area contributed by atoms with Crippen molar-refractivity contribution in [2.24, 2.45) is 0 Å². The van der Waals surface area contributed by atoms with Crippen molar-refractivity contribution in [3.8, 4) is 5.75 Å². The number of nitrogens with zero attached hydrogens (tertiary/aromatic N) is 2. The smallest absolute Gasteiger partial charge is 0.251 e. The van der Waals surface area contributed by atoms with E-state index >= 15 is 0 Å². The molecule has 1 heterocycles. The highest BCUT2D eigenvalue weighted by atomic mass is 16.5. The van der Waals surface area contributed by atoms with Crippen molar-refractivity contribution in [2.45, 2.75) is 6.54 Å². The van der Waals surface area contributed by atoms with E-state index in [1.807, 2.05) is 0 Å². The van der Waals surface area contributed by atoms with E-state index in [0.29, 0.717) is 23.5 Å². The Kier molecular flexibility index (Phi) is 3.92. The van der Waals surface area contributed by atoms with Crippen molar-refractivity contribution in [1.29, 1.82) is 0 Å². The molecule has 0 saturated heterocycles. The third-order valence-corrected chi connectivity index (χ3v) is 2.57. The number of rotatable bonds is 4. The summed E-state index contributed by atoms with van der Waals surface area (Å²) in [5, 5.41) is 2.75. The van der Waals surface area contributed by atoms with Crippen molar-refractivity contribution in [2.75, 3.05) is 12.8 Å². The van der Waals surface area contributed by atoms with Gasteiger partial charge in [0.1, 0.15) is 12.1 Å². The van der Waals surface area contributed by atoms with E-state index in [1.54, 1.807) is 30.5 Å². The number of aromatic nitrogens is 2. The molecule has 6 heteroatoms. The molecule has 1 amide bonds. The Morgan fingerprint density at radius 3 is 2.89 bits per heavy atom. The summed E-state index contributed by atoms with van der Waals surface area (Å²) >= 11 is 0. The number of carbonyl (C=O) groups is 1. The van der Waals surface area contributed by atoms with Gasteiger partial charge in [-0.15, -0.1) is 0 Å². The third-order valence-electron chi connectivity index (χ3n) is 2.57. The SMILES string of the molecule is COc1ccc(C(=O)NCc2ccncn2)cc1N. The maximum absolute atomic E-state index is 11.9. The Morgan fingerprint density at radius 1 is 1.42 bits per heavy atom. The lowest BCUT2D eigenvalue weighted by Gasteiger charge is -2.08. The highest BCUT2D eigenvalue weighted by Crippen LogP contribution is 2.21. The molecule has 0 aliphatic rings. The van der Waals surface area contributed by atoms with Gasteiger partial charge in [-0.05, 0) is 24.3 Å². The number of anilines is 1. The Labute approximate surface area is 110 Å². The summed E-state index contributed by atoms with van der Waals surface area (Å²) in [5.41, 5.74) is 7.40. The monoisotopic (exact) mass is 258 g/mol. The molecule has 98 valence electrons. The lowest BCUT2D eigenvalue weighted by molar-refractivity contribution is 0.0950. The van der Waals surface area contributed by atoms with E-state index in [4.69, 9.17) is 10.5 Å². The number of nitrogen functional groups attached to an aromatic ring is 1. The van der Waals surface area contributed by atoms with Crippen LogP contribution < -0.4 is 15.8 Å². The van der Waals surface area contributed by atoms with Crippen LogP contribution in [0.25, 0.3) is 0 Å². The molecule has 0 bridgehead atoms. The maximum Gasteiger partial charge on any atom is 0.251 e. The van der Waals surface area contributed by atoms with Gasteiger partial charge in [-0.1, -0.05) is 0 Å². The minimum atomic E-state index is -0.215. The van der Waals surface area contributed by atoms with Crippen LogP contribution in [0.5, 0.6) is 5.75 Å². The third kappa shape index (κ3) is 3.19. The Balaban J connectivity index is 2.02. The van der Waals surface area contributed by atoms with Crippen LogP contribution >= 0.6 is 0 Å². The summed E-state index contributed by atoms with van der Waals surface area (Å²) in [4.78, 5) is 19.7. The van der Waals surface area contributed by atoms with Crippen LogP contribution in [0.2, 0.25) is 0 Å². The fourth-order valence-electron chi connectivity index (χ4n) is 1.57. The second kappa shape index (κ2) is 5.81. The quantitative estimate of drug-likeness (QED) is 0.798. The van der Waals surface area contributed by atoms with Gasteiger partial charge in [-0.3, -0.25) is 4.79 Å². The number of nitrogens with two attached hydrogens (primary N) is 1. The highest BCUT2D eigenvalue weighted by Gasteiger charge is 2.08. The molecule has 6 nitrogen and oxygen atoms in total. The van der Waals surface area contributed by atoms with E-state index in [2.05, 4.69) is 15.3 Å². The van der Waals surface area contributed by atoms with E-state index in [-0.39, 0.29) is 5.91 Å². The number of benzene rings is 1. The molecule has 0 saturated carbocycles. The number of amides is 1. The fraction of sp³-hybridized carbons (Fsp3) is 0.154. The largest absolute Gasteiger partial charge is 0.495 e. The second-order valence-electron chi connectivity index (χ2n) is 3.84. The molecular formula is C13H14N4O2. The molecule has 2 aromatic rings. The van der Waals surface area contributed by atoms with E-state index in [9.17, 15) is 4.79 Å². The molecule has 0 spiro atoms. The van der Waals surface area contributed by atoms with Crippen molar-refractivity contribution in [3.05, 3.63) is 48.0 Å². The molecule has 19 heavy (non-hydrogen) atoms. The lowest BCUT2D eigenvalue weighted by Crippen LogP contribution is -2.23. The van der Waals surface area contributed by atoms with Crippen molar-refractivity contribution in [1.82, 2.24) is 15.3 Å². The van der Waals surface area contributed by atoms with Crippen LogP contribution in [0.1, 0.15) is 16.1 Å². The molecule has 0 radical (unpaired) electrons. The first-order valence-corrected chi connectivity index (χ1v) is 5.67.